The van der Waals surface area contributed by atoms with Crippen molar-refractivity contribution in [3.8, 4) is 0 Å². The van der Waals surface area contributed by atoms with Crippen LogP contribution in [0.15, 0.2) is 42.6 Å². The van der Waals surface area contributed by atoms with Crippen molar-refractivity contribution in [1.29, 1.82) is 0 Å². The van der Waals surface area contributed by atoms with Crippen LogP contribution >= 0.6 is 0 Å². The van der Waals surface area contributed by atoms with Crippen LogP contribution in [0.2, 0.25) is 0 Å². The Kier molecular flexibility index (Phi) is 4.34. The predicted octanol–water partition coefficient (Wildman–Crippen LogP) is 3.31. The number of rotatable bonds is 5. The third kappa shape index (κ3) is 3.95. The van der Waals surface area contributed by atoms with E-state index in [0.717, 1.165) is 23.5 Å². The van der Waals surface area contributed by atoms with Gasteiger partial charge in [0.25, 0.3) is 0 Å². The lowest BCUT2D eigenvalue weighted by Gasteiger charge is -2.15. The summed E-state index contributed by atoms with van der Waals surface area (Å²) in [5.74, 6) is 0.635. The second-order valence-corrected chi connectivity index (χ2v) is 4.56. The van der Waals surface area contributed by atoms with Gasteiger partial charge in [0.15, 0.2) is 0 Å². The van der Waals surface area contributed by atoms with Crippen molar-refractivity contribution >= 4 is 11.5 Å². The van der Waals surface area contributed by atoms with E-state index in [1.807, 2.05) is 31.3 Å². The van der Waals surface area contributed by atoms with Gasteiger partial charge >= 0.3 is 0 Å². The molecule has 0 saturated carbocycles. The standard InChI is InChI=1S/C15H18FN3/c1-11(9-12-3-5-13(16)6-4-12)19-14-7-8-18-15(10-14)17-2/h3-8,10-11H,9H2,1-2H3,(H2,17,18,19). The number of nitrogens with one attached hydrogen (secondary N) is 2. The molecule has 2 aromatic rings. The third-order valence-corrected chi connectivity index (χ3v) is 2.88. The van der Waals surface area contributed by atoms with E-state index in [4.69, 9.17) is 0 Å². The van der Waals surface area contributed by atoms with E-state index in [0.29, 0.717) is 0 Å². The van der Waals surface area contributed by atoms with Crippen LogP contribution in [0, 0.1) is 5.82 Å². The molecule has 2 N–H and O–H groups in total. The molecule has 0 aliphatic heterocycles. The van der Waals surface area contributed by atoms with Gasteiger partial charge in [-0.25, -0.2) is 9.37 Å². The summed E-state index contributed by atoms with van der Waals surface area (Å²) < 4.78 is 12.8. The van der Waals surface area contributed by atoms with E-state index in [9.17, 15) is 4.39 Å². The first kappa shape index (κ1) is 13.3. The van der Waals surface area contributed by atoms with E-state index in [1.54, 1.807) is 6.20 Å². The monoisotopic (exact) mass is 259 g/mol. The van der Waals surface area contributed by atoms with Gasteiger partial charge in [0.2, 0.25) is 0 Å². The number of benzene rings is 1. The fourth-order valence-corrected chi connectivity index (χ4v) is 1.97. The van der Waals surface area contributed by atoms with Crippen LogP contribution in [-0.2, 0) is 6.42 Å². The molecule has 1 unspecified atom stereocenters. The fourth-order valence-electron chi connectivity index (χ4n) is 1.97. The summed E-state index contributed by atoms with van der Waals surface area (Å²) in [5, 5.41) is 6.41. The molecule has 19 heavy (non-hydrogen) atoms. The molecular weight excluding hydrogens is 241 g/mol. The van der Waals surface area contributed by atoms with Crippen molar-refractivity contribution in [2.45, 2.75) is 19.4 Å². The predicted molar refractivity (Wildman–Crippen MR) is 77.0 cm³/mol. The zero-order valence-electron chi connectivity index (χ0n) is 11.2. The van der Waals surface area contributed by atoms with Gasteiger partial charge in [0.05, 0.1) is 0 Å². The largest absolute Gasteiger partial charge is 0.382 e. The highest BCUT2D eigenvalue weighted by Crippen LogP contribution is 2.14. The first-order valence-electron chi connectivity index (χ1n) is 6.32. The second kappa shape index (κ2) is 6.18. The Morgan fingerprint density at radius 3 is 2.63 bits per heavy atom. The van der Waals surface area contributed by atoms with Gasteiger partial charge in [0.1, 0.15) is 11.6 Å². The normalized spacial score (nSPS) is 11.9. The SMILES string of the molecule is CNc1cc(NC(C)Cc2ccc(F)cc2)ccn1. The summed E-state index contributed by atoms with van der Waals surface area (Å²) in [6.45, 7) is 2.10. The molecule has 0 spiro atoms. The maximum Gasteiger partial charge on any atom is 0.127 e. The molecule has 3 nitrogen and oxygen atoms in total. The Morgan fingerprint density at radius 2 is 1.95 bits per heavy atom. The van der Waals surface area contributed by atoms with E-state index >= 15 is 0 Å². The van der Waals surface area contributed by atoms with Gasteiger partial charge < -0.3 is 10.6 Å². The molecule has 0 aliphatic carbocycles. The van der Waals surface area contributed by atoms with Gasteiger partial charge in [-0.15, -0.1) is 0 Å². The summed E-state index contributed by atoms with van der Waals surface area (Å²) in [6, 6.07) is 10.8. The smallest absolute Gasteiger partial charge is 0.127 e. The molecule has 0 saturated heterocycles. The quantitative estimate of drug-likeness (QED) is 0.865. The topological polar surface area (TPSA) is 37.0 Å². The maximum absolute atomic E-state index is 12.8. The number of anilines is 2. The molecular formula is C15H18FN3. The molecule has 0 fully saturated rings. The van der Waals surface area contributed by atoms with Crippen LogP contribution in [0.3, 0.4) is 0 Å². The van der Waals surface area contributed by atoms with Crippen LogP contribution in [0.5, 0.6) is 0 Å². The van der Waals surface area contributed by atoms with Crippen LogP contribution in [0.4, 0.5) is 15.9 Å². The average molecular weight is 259 g/mol. The number of hydrogen-bond donors (Lipinski definition) is 2. The minimum atomic E-state index is -0.197. The number of aromatic nitrogens is 1. The summed E-state index contributed by atoms with van der Waals surface area (Å²) in [7, 11) is 1.84. The van der Waals surface area contributed by atoms with E-state index in [1.165, 1.54) is 12.1 Å². The molecule has 1 aromatic heterocycles. The van der Waals surface area contributed by atoms with E-state index < -0.39 is 0 Å². The van der Waals surface area contributed by atoms with Crippen molar-refractivity contribution in [2.24, 2.45) is 0 Å². The third-order valence-electron chi connectivity index (χ3n) is 2.88. The number of nitrogens with zero attached hydrogens (tertiary/aromatic N) is 1. The van der Waals surface area contributed by atoms with E-state index in [-0.39, 0.29) is 11.9 Å². The molecule has 2 rings (SSSR count). The Bertz CT molecular complexity index is 525. The molecule has 1 aromatic carbocycles. The summed E-state index contributed by atoms with van der Waals surface area (Å²) >= 11 is 0. The van der Waals surface area contributed by atoms with Crippen LogP contribution in [0.1, 0.15) is 12.5 Å². The zero-order valence-corrected chi connectivity index (χ0v) is 11.2. The molecule has 0 amide bonds. The van der Waals surface area contributed by atoms with Gasteiger partial charge in [-0.05, 0) is 37.1 Å². The van der Waals surface area contributed by atoms with Crippen molar-refractivity contribution < 1.29 is 4.39 Å². The van der Waals surface area contributed by atoms with Crippen molar-refractivity contribution in [1.82, 2.24) is 4.98 Å². The van der Waals surface area contributed by atoms with Gasteiger partial charge in [-0.3, -0.25) is 0 Å². The van der Waals surface area contributed by atoms with Crippen molar-refractivity contribution in [2.75, 3.05) is 17.7 Å². The molecule has 0 bridgehead atoms. The molecule has 0 aliphatic rings. The maximum atomic E-state index is 12.8. The Morgan fingerprint density at radius 1 is 1.21 bits per heavy atom. The number of halogens is 1. The number of pyridine rings is 1. The van der Waals surface area contributed by atoms with E-state index in [2.05, 4.69) is 22.5 Å². The first-order valence-corrected chi connectivity index (χ1v) is 6.32. The molecule has 0 radical (unpaired) electrons. The lowest BCUT2D eigenvalue weighted by Crippen LogP contribution is -2.18. The van der Waals surface area contributed by atoms with Crippen LogP contribution < -0.4 is 10.6 Å². The lowest BCUT2D eigenvalue weighted by atomic mass is 10.1. The number of hydrogen-bond acceptors (Lipinski definition) is 3. The summed E-state index contributed by atoms with van der Waals surface area (Å²) in [5.41, 5.74) is 2.14. The average Bonchev–Trinajstić information content (AvgIpc) is 2.41. The molecule has 100 valence electrons. The fraction of sp³-hybridized carbons (Fsp3) is 0.267. The van der Waals surface area contributed by atoms with Crippen molar-refractivity contribution in [3.63, 3.8) is 0 Å². The highest BCUT2D eigenvalue weighted by Gasteiger charge is 2.04. The van der Waals surface area contributed by atoms with Crippen molar-refractivity contribution in [3.05, 3.63) is 54.0 Å². The van der Waals surface area contributed by atoms with Gasteiger partial charge in [-0.2, -0.15) is 0 Å². The first-order chi connectivity index (χ1) is 9.17. The summed E-state index contributed by atoms with van der Waals surface area (Å²) in [4.78, 5) is 4.17. The van der Waals surface area contributed by atoms with Gasteiger partial charge in [-0.1, -0.05) is 12.1 Å². The minimum absolute atomic E-state index is 0.197. The highest BCUT2D eigenvalue weighted by atomic mass is 19.1. The van der Waals surface area contributed by atoms with Crippen LogP contribution in [-0.4, -0.2) is 18.1 Å². The molecule has 1 heterocycles. The van der Waals surface area contributed by atoms with Crippen LogP contribution in [0.25, 0.3) is 0 Å². The minimum Gasteiger partial charge on any atom is -0.382 e. The lowest BCUT2D eigenvalue weighted by molar-refractivity contribution is 0.626. The Balaban J connectivity index is 1.96. The Labute approximate surface area is 112 Å². The Hall–Kier alpha value is -2.10. The molecule has 4 heteroatoms. The van der Waals surface area contributed by atoms with Gasteiger partial charge in [0, 0.05) is 31.0 Å². The molecule has 1 atom stereocenters. The summed E-state index contributed by atoms with van der Waals surface area (Å²) in [6.07, 6.45) is 2.61. The second-order valence-electron chi connectivity index (χ2n) is 4.56. The zero-order chi connectivity index (χ0) is 13.7. The highest BCUT2D eigenvalue weighted by molar-refractivity contribution is 5.52.